The molecule has 1 fully saturated rings. The summed E-state index contributed by atoms with van der Waals surface area (Å²) >= 11 is 5.60. The Morgan fingerprint density at radius 3 is 1.83 bits per heavy atom. The van der Waals surface area contributed by atoms with Gasteiger partial charge in [-0.25, -0.2) is 9.59 Å². The molecule has 1 aliphatic heterocycles. The second kappa shape index (κ2) is 6.95. The Balaban J connectivity index is 2.80. The second-order valence-corrected chi connectivity index (χ2v) is 7.79. The van der Waals surface area contributed by atoms with E-state index < -0.39 is 34.7 Å². The average molecular weight is 349 g/mol. The maximum Gasteiger partial charge on any atom is 0.411 e. The molecule has 1 aliphatic rings. The van der Waals surface area contributed by atoms with E-state index >= 15 is 0 Å². The highest BCUT2D eigenvalue weighted by Gasteiger charge is 2.39. The summed E-state index contributed by atoms with van der Waals surface area (Å²) in [4.78, 5) is 38.6. The Bertz CT molecular complexity index is 481. The molecular formula is C15H25ClN2O5. The topological polar surface area (TPSA) is 76.2 Å². The fourth-order valence-electron chi connectivity index (χ4n) is 2.01. The number of hydrogen-bond donors (Lipinski definition) is 0. The van der Waals surface area contributed by atoms with Gasteiger partial charge in [0.15, 0.2) is 0 Å². The van der Waals surface area contributed by atoms with Crippen molar-refractivity contribution < 1.29 is 23.9 Å². The molecule has 0 aromatic rings. The van der Waals surface area contributed by atoms with Gasteiger partial charge in [-0.1, -0.05) is 0 Å². The van der Waals surface area contributed by atoms with E-state index in [1.54, 1.807) is 41.5 Å². The third-order valence-electron chi connectivity index (χ3n) is 2.92. The van der Waals surface area contributed by atoms with Crippen molar-refractivity contribution in [2.24, 2.45) is 0 Å². The summed E-state index contributed by atoms with van der Waals surface area (Å²) in [6.45, 7) is 10.9. The lowest BCUT2D eigenvalue weighted by Crippen LogP contribution is -2.59. The van der Waals surface area contributed by atoms with Crippen molar-refractivity contribution in [2.45, 2.75) is 58.8 Å². The third-order valence-corrected chi connectivity index (χ3v) is 3.17. The number of amides is 2. The normalized spacial score (nSPS) is 19.3. The summed E-state index contributed by atoms with van der Waals surface area (Å²) in [5, 5.41) is -0.718. The van der Waals surface area contributed by atoms with E-state index in [9.17, 15) is 14.4 Å². The Hall–Kier alpha value is -1.50. The number of hydrogen-bond acceptors (Lipinski definition) is 5. The number of rotatable bonds is 1. The summed E-state index contributed by atoms with van der Waals surface area (Å²) in [6.07, 6.45) is -1.16. The van der Waals surface area contributed by atoms with Crippen molar-refractivity contribution in [3.63, 3.8) is 0 Å². The van der Waals surface area contributed by atoms with E-state index in [2.05, 4.69) is 0 Å². The van der Waals surface area contributed by atoms with Crippen LogP contribution in [0.5, 0.6) is 0 Å². The van der Waals surface area contributed by atoms with Gasteiger partial charge in [-0.3, -0.25) is 9.69 Å². The van der Waals surface area contributed by atoms with Crippen LogP contribution in [0.15, 0.2) is 0 Å². The van der Waals surface area contributed by atoms with Crippen LogP contribution in [0.1, 0.15) is 41.5 Å². The molecule has 0 aromatic carbocycles. The number of piperazine rings is 1. The van der Waals surface area contributed by atoms with E-state index in [0.717, 1.165) is 0 Å². The van der Waals surface area contributed by atoms with Crippen LogP contribution in [0.4, 0.5) is 9.59 Å². The Morgan fingerprint density at radius 2 is 1.39 bits per heavy atom. The van der Waals surface area contributed by atoms with Gasteiger partial charge in [0.2, 0.25) is 5.24 Å². The van der Waals surface area contributed by atoms with Crippen molar-refractivity contribution >= 4 is 29.0 Å². The summed E-state index contributed by atoms with van der Waals surface area (Å²) in [7, 11) is 0. The van der Waals surface area contributed by atoms with Gasteiger partial charge < -0.3 is 14.4 Å². The molecule has 0 bridgehead atoms. The van der Waals surface area contributed by atoms with Gasteiger partial charge in [0.1, 0.15) is 17.2 Å². The minimum absolute atomic E-state index is 0.0174. The van der Waals surface area contributed by atoms with Crippen LogP contribution in [-0.4, -0.2) is 64.1 Å². The highest BCUT2D eigenvalue weighted by molar-refractivity contribution is 6.64. The van der Waals surface area contributed by atoms with Crippen LogP contribution in [-0.2, 0) is 14.3 Å². The van der Waals surface area contributed by atoms with Crippen LogP contribution < -0.4 is 0 Å². The van der Waals surface area contributed by atoms with Crippen LogP contribution in [0.2, 0.25) is 0 Å². The molecule has 0 spiro atoms. The molecule has 1 heterocycles. The standard InChI is InChI=1S/C15H25ClN2O5/c1-14(2,3)22-12(20)17-7-8-18(10(9-17)11(16)19)13(21)23-15(4,5)6/h10H,7-9H2,1-6H3. The molecule has 1 saturated heterocycles. The van der Waals surface area contributed by atoms with Gasteiger partial charge in [-0.15, -0.1) is 0 Å². The van der Waals surface area contributed by atoms with E-state index in [0.29, 0.717) is 0 Å². The molecule has 7 nitrogen and oxygen atoms in total. The van der Waals surface area contributed by atoms with Gasteiger partial charge in [-0.05, 0) is 53.1 Å². The van der Waals surface area contributed by atoms with Crippen molar-refractivity contribution in [1.82, 2.24) is 9.80 Å². The van der Waals surface area contributed by atoms with Crippen molar-refractivity contribution in [3.05, 3.63) is 0 Å². The molecule has 2 amide bonds. The van der Waals surface area contributed by atoms with E-state index in [-0.39, 0.29) is 19.6 Å². The van der Waals surface area contributed by atoms with Gasteiger partial charge in [0, 0.05) is 13.1 Å². The minimum atomic E-state index is -0.951. The molecule has 0 aromatic heterocycles. The zero-order valence-corrected chi connectivity index (χ0v) is 15.3. The zero-order chi connectivity index (χ0) is 18.0. The zero-order valence-electron chi connectivity index (χ0n) is 14.5. The summed E-state index contributed by atoms with van der Waals surface area (Å²) in [5.41, 5.74) is -1.32. The maximum absolute atomic E-state index is 12.2. The van der Waals surface area contributed by atoms with Crippen molar-refractivity contribution in [1.29, 1.82) is 0 Å². The van der Waals surface area contributed by atoms with E-state index in [1.165, 1.54) is 9.80 Å². The second-order valence-electron chi connectivity index (χ2n) is 7.42. The number of carbonyl (C=O) groups excluding carboxylic acids is 3. The first-order valence-electron chi connectivity index (χ1n) is 7.47. The van der Waals surface area contributed by atoms with Crippen molar-refractivity contribution in [3.8, 4) is 0 Å². The molecule has 23 heavy (non-hydrogen) atoms. The average Bonchev–Trinajstić information content (AvgIpc) is 2.33. The Labute approximate surface area is 141 Å². The van der Waals surface area contributed by atoms with Gasteiger partial charge in [0.25, 0.3) is 0 Å². The van der Waals surface area contributed by atoms with Crippen LogP contribution in [0, 0.1) is 0 Å². The Kier molecular flexibility index (Phi) is 5.90. The number of carbonyl (C=O) groups is 3. The number of halogens is 1. The van der Waals surface area contributed by atoms with Crippen LogP contribution in [0.25, 0.3) is 0 Å². The molecule has 1 atom stereocenters. The van der Waals surface area contributed by atoms with E-state index in [1.807, 2.05) is 0 Å². The highest BCUT2D eigenvalue weighted by atomic mass is 35.5. The molecule has 1 unspecified atom stereocenters. The molecule has 0 saturated carbocycles. The molecule has 0 N–H and O–H groups in total. The summed E-state index contributed by atoms with van der Waals surface area (Å²) < 4.78 is 10.6. The minimum Gasteiger partial charge on any atom is -0.444 e. The van der Waals surface area contributed by atoms with Crippen molar-refractivity contribution in [2.75, 3.05) is 19.6 Å². The van der Waals surface area contributed by atoms with Crippen LogP contribution >= 0.6 is 11.6 Å². The predicted molar refractivity (Wildman–Crippen MR) is 85.4 cm³/mol. The molecule has 132 valence electrons. The molecular weight excluding hydrogens is 324 g/mol. The summed E-state index contributed by atoms with van der Waals surface area (Å²) in [5.74, 6) is 0. The lowest BCUT2D eigenvalue weighted by Gasteiger charge is -2.40. The smallest absolute Gasteiger partial charge is 0.411 e. The van der Waals surface area contributed by atoms with E-state index in [4.69, 9.17) is 21.1 Å². The first kappa shape index (κ1) is 19.5. The molecule has 8 heteroatoms. The Morgan fingerprint density at radius 1 is 0.913 bits per heavy atom. The predicted octanol–water partition coefficient (Wildman–Crippen LogP) is 2.61. The first-order valence-corrected chi connectivity index (χ1v) is 7.85. The monoisotopic (exact) mass is 348 g/mol. The van der Waals surface area contributed by atoms with Crippen LogP contribution in [0.3, 0.4) is 0 Å². The van der Waals surface area contributed by atoms with Gasteiger partial charge in [0.05, 0.1) is 6.54 Å². The SMILES string of the molecule is CC(C)(C)OC(=O)N1CCN(C(=O)OC(C)(C)C)C(C(=O)Cl)C1. The molecule has 1 rings (SSSR count). The third kappa shape index (κ3) is 6.25. The maximum atomic E-state index is 12.2. The summed E-state index contributed by atoms with van der Waals surface area (Å²) in [6, 6.07) is -0.951. The quantitative estimate of drug-likeness (QED) is 0.681. The number of ether oxygens (including phenoxy) is 2. The highest BCUT2D eigenvalue weighted by Crippen LogP contribution is 2.19. The number of nitrogens with zero attached hydrogens (tertiary/aromatic N) is 2. The first-order chi connectivity index (χ1) is 10.3. The molecule has 0 radical (unpaired) electrons. The fourth-order valence-corrected chi connectivity index (χ4v) is 2.20. The molecule has 0 aliphatic carbocycles. The van der Waals surface area contributed by atoms with Gasteiger partial charge >= 0.3 is 12.2 Å². The lowest BCUT2D eigenvalue weighted by atomic mass is 10.2. The fraction of sp³-hybridized carbons (Fsp3) is 0.800. The van der Waals surface area contributed by atoms with Gasteiger partial charge in [-0.2, -0.15) is 0 Å². The largest absolute Gasteiger partial charge is 0.444 e. The lowest BCUT2D eigenvalue weighted by molar-refractivity contribution is -0.118.